The van der Waals surface area contributed by atoms with Crippen LogP contribution in [0, 0.1) is 5.82 Å². The summed E-state index contributed by atoms with van der Waals surface area (Å²) in [6.45, 7) is 1.61. The molecule has 4 heteroatoms. The first-order valence-corrected chi connectivity index (χ1v) is 8.30. The van der Waals surface area contributed by atoms with E-state index in [1.807, 2.05) is 6.07 Å². The van der Waals surface area contributed by atoms with Gasteiger partial charge in [0.05, 0.1) is 12.0 Å². The molecular formula is C20H20FN3. The maximum atomic E-state index is 14.3. The van der Waals surface area contributed by atoms with Crippen molar-refractivity contribution in [3.63, 3.8) is 0 Å². The summed E-state index contributed by atoms with van der Waals surface area (Å²) in [7, 11) is 0. The number of aromatic nitrogens is 2. The molecule has 4 rings (SSSR count). The average molecular weight is 321 g/mol. The molecule has 0 aliphatic heterocycles. The molecule has 1 saturated carbocycles. The zero-order chi connectivity index (χ0) is 16.4. The van der Waals surface area contributed by atoms with Gasteiger partial charge in [-0.05, 0) is 36.1 Å². The first-order chi connectivity index (χ1) is 11.8. The Bertz CT molecular complexity index is 808. The van der Waals surface area contributed by atoms with E-state index in [-0.39, 0.29) is 11.2 Å². The van der Waals surface area contributed by atoms with Gasteiger partial charge < -0.3 is 9.88 Å². The molecule has 0 unspecified atom stereocenters. The first-order valence-electron chi connectivity index (χ1n) is 8.30. The van der Waals surface area contributed by atoms with E-state index < -0.39 is 0 Å². The van der Waals surface area contributed by atoms with Gasteiger partial charge in [0.25, 0.3) is 0 Å². The summed E-state index contributed by atoms with van der Waals surface area (Å²) in [4.78, 5) is 3.96. The molecule has 1 aromatic heterocycles. The van der Waals surface area contributed by atoms with Gasteiger partial charge in [0.15, 0.2) is 0 Å². The zero-order valence-corrected chi connectivity index (χ0v) is 13.5. The highest BCUT2D eigenvalue weighted by Gasteiger charge is 2.43. The third-order valence-corrected chi connectivity index (χ3v) is 4.83. The second-order valence-electron chi connectivity index (χ2n) is 6.51. The second-order valence-corrected chi connectivity index (χ2v) is 6.51. The lowest BCUT2D eigenvalue weighted by Gasteiger charge is -2.17. The number of nitrogens with zero attached hydrogens (tertiary/aromatic N) is 2. The number of hydrogen-bond donors (Lipinski definition) is 1. The normalized spacial score (nSPS) is 15.4. The SMILES string of the molecule is Fc1cc(CNCC2(c3ccccc3)CC2)ccc1-n1ccnc1. The maximum Gasteiger partial charge on any atom is 0.147 e. The molecule has 24 heavy (non-hydrogen) atoms. The minimum atomic E-state index is -0.225. The zero-order valence-electron chi connectivity index (χ0n) is 13.5. The highest BCUT2D eigenvalue weighted by molar-refractivity contribution is 5.36. The molecule has 1 fully saturated rings. The van der Waals surface area contributed by atoms with E-state index in [2.05, 4.69) is 40.6 Å². The van der Waals surface area contributed by atoms with Crippen LogP contribution in [0.5, 0.6) is 0 Å². The summed E-state index contributed by atoms with van der Waals surface area (Å²) in [5, 5.41) is 3.50. The maximum absolute atomic E-state index is 14.3. The Hall–Kier alpha value is -2.46. The number of imidazole rings is 1. The second kappa shape index (κ2) is 6.21. The lowest BCUT2D eigenvalue weighted by Crippen LogP contribution is -2.26. The van der Waals surface area contributed by atoms with Gasteiger partial charge in [-0.25, -0.2) is 9.37 Å². The Morgan fingerprint density at radius 1 is 1.12 bits per heavy atom. The molecule has 1 aliphatic rings. The summed E-state index contributed by atoms with van der Waals surface area (Å²) in [6.07, 6.45) is 7.43. The number of rotatable bonds is 6. The van der Waals surface area contributed by atoms with Crippen molar-refractivity contribution in [2.75, 3.05) is 6.54 Å². The molecule has 1 heterocycles. The number of benzene rings is 2. The number of halogens is 1. The molecule has 2 aromatic carbocycles. The average Bonchev–Trinajstić information content (AvgIpc) is 3.20. The third-order valence-electron chi connectivity index (χ3n) is 4.83. The van der Waals surface area contributed by atoms with Crippen molar-refractivity contribution in [1.82, 2.24) is 14.9 Å². The molecular weight excluding hydrogens is 301 g/mol. The summed E-state index contributed by atoms with van der Waals surface area (Å²) >= 11 is 0. The van der Waals surface area contributed by atoms with E-state index in [0.29, 0.717) is 12.2 Å². The fraction of sp³-hybridized carbons (Fsp3) is 0.250. The molecule has 0 spiro atoms. The summed E-state index contributed by atoms with van der Waals surface area (Å²) in [6, 6.07) is 16.0. The first kappa shape index (κ1) is 15.1. The van der Waals surface area contributed by atoms with Gasteiger partial charge in [-0.2, -0.15) is 0 Å². The van der Waals surface area contributed by atoms with Crippen LogP contribution < -0.4 is 5.32 Å². The van der Waals surface area contributed by atoms with E-state index in [4.69, 9.17) is 0 Å². The Morgan fingerprint density at radius 2 is 1.96 bits per heavy atom. The highest BCUT2D eigenvalue weighted by Crippen LogP contribution is 2.47. The predicted octanol–water partition coefficient (Wildman–Crippen LogP) is 3.83. The topological polar surface area (TPSA) is 29.9 Å². The van der Waals surface area contributed by atoms with E-state index in [9.17, 15) is 4.39 Å². The minimum Gasteiger partial charge on any atom is -0.312 e. The summed E-state index contributed by atoms with van der Waals surface area (Å²) < 4.78 is 16.0. The van der Waals surface area contributed by atoms with E-state index in [0.717, 1.165) is 12.1 Å². The van der Waals surface area contributed by atoms with Gasteiger partial charge in [-0.3, -0.25) is 0 Å². The van der Waals surface area contributed by atoms with E-state index in [1.54, 1.807) is 35.4 Å². The number of nitrogens with one attached hydrogen (secondary N) is 1. The van der Waals surface area contributed by atoms with Crippen LogP contribution in [0.1, 0.15) is 24.0 Å². The van der Waals surface area contributed by atoms with Crippen molar-refractivity contribution < 1.29 is 4.39 Å². The van der Waals surface area contributed by atoms with Gasteiger partial charge in [0.2, 0.25) is 0 Å². The monoisotopic (exact) mass is 321 g/mol. The third kappa shape index (κ3) is 2.97. The van der Waals surface area contributed by atoms with Gasteiger partial charge >= 0.3 is 0 Å². The molecule has 0 radical (unpaired) electrons. The summed E-state index contributed by atoms with van der Waals surface area (Å²) in [5.74, 6) is -0.225. The van der Waals surface area contributed by atoms with Crippen LogP contribution >= 0.6 is 0 Å². The van der Waals surface area contributed by atoms with Crippen LogP contribution in [-0.2, 0) is 12.0 Å². The minimum absolute atomic E-state index is 0.225. The van der Waals surface area contributed by atoms with Gasteiger partial charge in [0, 0.05) is 30.9 Å². The Morgan fingerprint density at radius 3 is 2.62 bits per heavy atom. The molecule has 0 saturated heterocycles. The van der Waals surface area contributed by atoms with Crippen LogP contribution in [0.25, 0.3) is 5.69 Å². The molecule has 0 amide bonds. The molecule has 122 valence electrons. The van der Waals surface area contributed by atoms with E-state index in [1.165, 1.54) is 18.4 Å². The smallest absolute Gasteiger partial charge is 0.147 e. The highest BCUT2D eigenvalue weighted by atomic mass is 19.1. The van der Waals surface area contributed by atoms with Crippen LogP contribution in [0.2, 0.25) is 0 Å². The van der Waals surface area contributed by atoms with Crippen molar-refractivity contribution in [1.29, 1.82) is 0 Å². The predicted molar refractivity (Wildman–Crippen MR) is 92.6 cm³/mol. The van der Waals surface area contributed by atoms with Crippen LogP contribution in [0.15, 0.2) is 67.3 Å². The number of hydrogen-bond acceptors (Lipinski definition) is 2. The van der Waals surface area contributed by atoms with Crippen molar-refractivity contribution in [3.8, 4) is 5.69 Å². The fourth-order valence-corrected chi connectivity index (χ4v) is 3.23. The standard InChI is InChI=1S/C20H20FN3/c21-18-12-16(6-7-19(18)24-11-10-22-15-24)13-23-14-20(8-9-20)17-4-2-1-3-5-17/h1-7,10-12,15,23H,8-9,13-14H2. The van der Waals surface area contributed by atoms with Gasteiger partial charge in [-0.1, -0.05) is 36.4 Å². The van der Waals surface area contributed by atoms with E-state index >= 15 is 0 Å². The van der Waals surface area contributed by atoms with Crippen molar-refractivity contribution in [3.05, 3.63) is 84.2 Å². The molecule has 0 atom stereocenters. The van der Waals surface area contributed by atoms with Crippen molar-refractivity contribution in [2.45, 2.75) is 24.8 Å². The van der Waals surface area contributed by atoms with Gasteiger partial charge in [0.1, 0.15) is 5.82 Å². The Kier molecular flexibility index (Phi) is 3.90. The van der Waals surface area contributed by atoms with Crippen LogP contribution in [-0.4, -0.2) is 16.1 Å². The molecule has 0 bridgehead atoms. The molecule has 1 aliphatic carbocycles. The summed E-state index contributed by atoms with van der Waals surface area (Å²) in [5.41, 5.74) is 3.16. The van der Waals surface area contributed by atoms with Gasteiger partial charge in [-0.15, -0.1) is 0 Å². The molecule has 3 aromatic rings. The van der Waals surface area contributed by atoms with Crippen LogP contribution in [0.4, 0.5) is 4.39 Å². The van der Waals surface area contributed by atoms with Crippen molar-refractivity contribution >= 4 is 0 Å². The largest absolute Gasteiger partial charge is 0.312 e. The lowest BCUT2D eigenvalue weighted by molar-refractivity contribution is 0.569. The fourth-order valence-electron chi connectivity index (χ4n) is 3.23. The Labute approximate surface area is 141 Å². The Balaban J connectivity index is 1.39. The van der Waals surface area contributed by atoms with Crippen LogP contribution in [0.3, 0.4) is 0 Å². The van der Waals surface area contributed by atoms with Crippen molar-refractivity contribution in [2.24, 2.45) is 0 Å². The molecule has 1 N–H and O–H groups in total. The quantitative estimate of drug-likeness (QED) is 0.748. The lowest BCUT2D eigenvalue weighted by atomic mass is 9.96. The molecule has 3 nitrogen and oxygen atoms in total.